The van der Waals surface area contributed by atoms with Gasteiger partial charge in [-0.1, -0.05) is 0 Å². The van der Waals surface area contributed by atoms with E-state index in [1.807, 2.05) is 0 Å². The highest BCUT2D eigenvalue weighted by atomic mass is 32.2. The van der Waals surface area contributed by atoms with Gasteiger partial charge in [0.2, 0.25) is 0 Å². The number of halogens is 3. The largest absolute Gasteiger partial charge is 0.501 e. The molecule has 0 bridgehead atoms. The number of methoxy groups -OCH3 is 1. The zero-order valence-electron chi connectivity index (χ0n) is 9.86. The summed E-state index contributed by atoms with van der Waals surface area (Å²) in [4.78, 5) is -0.888. The lowest BCUT2D eigenvalue weighted by molar-refractivity contribution is -0.0437. The normalized spacial score (nSPS) is 19.3. The van der Waals surface area contributed by atoms with Gasteiger partial charge in [0.15, 0.2) is 0 Å². The molecule has 0 saturated carbocycles. The minimum atomic E-state index is -5.48. The van der Waals surface area contributed by atoms with Gasteiger partial charge in [-0.15, -0.1) is 0 Å². The van der Waals surface area contributed by atoms with Crippen LogP contribution in [0.25, 0.3) is 0 Å². The van der Waals surface area contributed by atoms with Crippen LogP contribution in [0, 0.1) is 0 Å². The highest BCUT2D eigenvalue weighted by Crippen LogP contribution is 2.43. The molecule has 0 amide bonds. The van der Waals surface area contributed by atoms with Crippen molar-refractivity contribution >= 4 is 9.84 Å². The lowest BCUT2D eigenvalue weighted by atomic mass is 10.1. The average Bonchev–Trinajstić information content (AvgIpc) is 2.69. The summed E-state index contributed by atoms with van der Waals surface area (Å²) in [5.41, 5.74) is -5.27. The van der Waals surface area contributed by atoms with E-state index in [1.165, 1.54) is 13.2 Å². The molecule has 19 heavy (non-hydrogen) atoms. The van der Waals surface area contributed by atoms with E-state index in [0.29, 0.717) is 5.56 Å². The first-order valence-electron chi connectivity index (χ1n) is 5.39. The Hall–Kier alpha value is -1.28. The zero-order valence-corrected chi connectivity index (χ0v) is 10.7. The predicted molar refractivity (Wildman–Crippen MR) is 59.5 cm³/mol. The lowest BCUT2D eigenvalue weighted by Crippen LogP contribution is -2.24. The SMILES string of the molecule is COc1ccc(S(=O)(=O)C(F)(F)F)c2c1CCC2O. The molecule has 1 aromatic carbocycles. The molecular formula is C11H11F3O4S. The van der Waals surface area contributed by atoms with Crippen molar-refractivity contribution in [2.75, 3.05) is 7.11 Å². The molecule has 8 heteroatoms. The summed E-state index contributed by atoms with van der Waals surface area (Å²) in [7, 11) is -4.14. The van der Waals surface area contributed by atoms with Gasteiger partial charge in [0, 0.05) is 11.1 Å². The molecule has 0 heterocycles. The first-order valence-corrected chi connectivity index (χ1v) is 6.87. The molecule has 4 nitrogen and oxygen atoms in total. The van der Waals surface area contributed by atoms with Crippen LogP contribution >= 0.6 is 0 Å². The molecule has 1 unspecified atom stereocenters. The Labute approximate surface area is 107 Å². The number of aliphatic hydroxyl groups excluding tert-OH is 1. The number of benzene rings is 1. The summed E-state index contributed by atoms with van der Waals surface area (Å²) >= 11 is 0. The van der Waals surface area contributed by atoms with E-state index >= 15 is 0 Å². The summed E-state index contributed by atoms with van der Waals surface area (Å²) in [6, 6.07) is 2.00. The minimum Gasteiger partial charge on any atom is -0.496 e. The monoisotopic (exact) mass is 296 g/mol. The van der Waals surface area contributed by atoms with E-state index in [4.69, 9.17) is 4.74 Å². The highest BCUT2D eigenvalue weighted by molar-refractivity contribution is 7.92. The van der Waals surface area contributed by atoms with Crippen molar-refractivity contribution in [2.45, 2.75) is 29.3 Å². The van der Waals surface area contributed by atoms with Crippen molar-refractivity contribution < 1.29 is 31.4 Å². The fraction of sp³-hybridized carbons (Fsp3) is 0.455. The Morgan fingerprint density at radius 1 is 1.37 bits per heavy atom. The van der Waals surface area contributed by atoms with Crippen molar-refractivity contribution in [3.63, 3.8) is 0 Å². The van der Waals surface area contributed by atoms with Crippen molar-refractivity contribution in [2.24, 2.45) is 0 Å². The van der Waals surface area contributed by atoms with Crippen LogP contribution in [-0.4, -0.2) is 26.1 Å². The Morgan fingerprint density at radius 2 is 2.00 bits per heavy atom. The van der Waals surface area contributed by atoms with Crippen LogP contribution in [0.3, 0.4) is 0 Å². The van der Waals surface area contributed by atoms with Gasteiger partial charge < -0.3 is 9.84 Å². The maximum atomic E-state index is 12.6. The zero-order chi connectivity index (χ0) is 14.4. The standard InChI is InChI=1S/C11H11F3O4S/c1-18-8-4-5-9(19(16,17)11(12,13)14)10-6(8)2-3-7(10)15/h4-5,7,15H,2-3H2,1H3. The Kier molecular flexibility index (Phi) is 3.26. The van der Waals surface area contributed by atoms with Gasteiger partial charge in [0.05, 0.1) is 18.1 Å². The summed E-state index contributed by atoms with van der Waals surface area (Å²) in [5, 5.41) is 9.72. The van der Waals surface area contributed by atoms with Crippen LogP contribution in [0.1, 0.15) is 23.7 Å². The topological polar surface area (TPSA) is 63.6 Å². The third-order valence-corrected chi connectivity index (χ3v) is 4.63. The smallest absolute Gasteiger partial charge is 0.496 e. The van der Waals surface area contributed by atoms with E-state index in [1.54, 1.807) is 0 Å². The minimum absolute atomic E-state index is 0.177. The van der Waals surface area contributed by atoms with Gasteiger partial charge in [-0.05, 0) is 25.0 Å². The molecular weight excluding hydrogens is 285 g/mol. The molecule has 1 aliphatic carbocycles. The van der Waals surface area contributed by atoms with Crippen molar-refractivity contribution in [1.29, 1.82) is 0 Å². The van der Waals surface area contributed by atoms with Gasteiger partial charge in [0.25, 0.3) is 9.84 Å². The quantitative estimate of drug-likeness (QED) is 0.906. The average molecular weight is 296 g/mol. The molecule has 0 aliphatic heterocycles. The maximum Gasteiger partial charge on any atom is 0.501 e. The number of ether oxygens (including phenoxy) is 1. The number of hydrogen-bond acceptors (Lipinski definition) is 4. The van der Waals surface area contributed by atoms with E-state index in [-0.39, 0.29) is 24.2 Å². The first-order chi connectivity index (χ1) is 8.70. The van der Waals surface area contributed by atoms with Crippen LogP contribution in [0.2, 0.25) is 0 Å². The molecule has 106 valence electrons. The third kappa shape index (κ3) is 2.08. The molecule has 1 N–H and O–H groups in total. The fourth-order valence-corrected chi connectivity index (χ4v) is 3.27. The maximum absolute atomic E-state index is 12.6. The van der Waals surface area contributed by atoms with Crippen LogP contribution in [-0.2, 0) is 16.3 Å². The van der Waals surface area contributed by atoms with E-state index in [9.17, 15) is 26.7 Å². The number of sulfone groups is 1. The lowest BCUT2D eigenvalue weighted by Gasteiger charge is -2.16. The molecule has 1 aliphatic rings. The van der Waals surface area contributed by atoms with Gasteiger partial charge >= 0.3 is 5.51 Å². The van der Waals surface area contributed by atoms with Crippen LogP contribution in [0.4, 0.5) is 13.2 Å². The molecule has 0 saturated heterocycles. The summed E-state index contributed by atoms with van der Waals surface area (Å²) < 4.78 is 65.7. The number of aliphatic hydroxyl groups is 1. The second kappa shape index (κ2) is 4.38. The molecule has 2 rings (SSSR count). The van der Waals surface area contributed by atoms with Gasteiger partial charge in [-0.25, -0.2) is 8.42 Å². The van der Waals surface area contributed by atoms with Crippen molar-refractivity contribution in [3.05, 3.63) is 23.3 Å². The summed E-state index contributed by atoms with van der Waals surface area (Å²) in [6.45, 7) is 0. The van der Waals surface area contributed by atoms with Crippen LogP contribution in [0.5, 0.6) is 5.75 Å². The van der Waals surface area contributed by atoms with Gasteiger partial charge in [-0.2, -0.15) is 13.2 Å². The molecule has 0 radical (unpaired) electrons. The Balaban J connectivity index is 2.72. The summed E-state index contributed by atoms with van der Waals surface area (Å²) in [5.74, 6) is 0.285. The number of alkyl halides is 3. The van der Waals surface area contributed by atoms with E-state index in [0.717, 1.165) is 6.07 Å². The molecule has 0 spiro atoms. The van der Waals surface area contributed by atoms with Crippen LogP contribution in [0.15, 0.2) is 17.0 Å². The van der Waals surface area contributed by atoms with Crippen molar-refractivity contribution in [1.82, 2.24) is 0 Å². The van der Waals surface area contributed by atoms with Crippen molar-refractivity contribution in [3.8, 4) is 5.75 Å². The fourth-order valence-electron chi connectivity index (χ4n) is 2.22. The predicted octanol–water partition coefficient (Wildman–Crippen LogP) is 1.97. The highest BCUT2D eigenvalue weighted by Gasteiger charge is 2.49. The van der Waals surface area contributed by atoms with Gasteiger partial charge in [0.1, 0.15) is 5.75 Å². The van der Waals surface area contributed by atoms with E-state index < -0.39 is 26.3 Å². The molecule has 0 aromatic heterocycles. The van der Waals surface area contributed by atoms with E-state index in [2.05, 4.69) is 0 Å². The number of hydrogen-bond donors (Lipinski definition) is 1. The second-order valence-corrected chi connectivity index (χ2v) is 6.07. The Bertz CT molecular complexity index is 607. The number of rotatable bonds is 2. The van der Waals surface area contributed by atoms with Gasteiger partial charge in [-0.3, -0.25) is 0 Å². The van der Waals surface area contributed by atoms with Crippen LogP contribution < -0.4 is 4.74 Å². The molecule has 1 atom stereocenters. The third-order valence-electron chi connectivity index (χ3n) is 3.09. The molecule has 0 fully saturated rings. The summed E-state index contributed by atoms with van der Waals surface area (Å²) in [6.07, 6.45) is -0.769. The number of fused-ring (bicyclic) bond motifs is 1. The first kappa shape index (κ1) is 14.1. The Morgan fingerprint density at radius 3 is 2.53 bits per heavy atom. The second-order valence-electron chi connectivity index (χ2n) is 4.16. The molecule has 1 aromatic rings.